The molecule has 1 aromatic heterocycles. The molecule has 3 aromatic rings. The van der Waals surface area contributed by atoms with Crippen molar-refractivity contribution in [2.24, 2.45) is 0 Å². The molecule has 0 aliphatic heterocycles. The van der Waals surface area contributed by atoms with Crippen LogP contribution in [-0.4, -0.2) is 28.1 Å². The molecule has 0 bridgehead atoms. The highest BCUT2D eigenvalue weighted by Gasteiger charge is 2.11. The minimum Gasteiger partial charge on any atom is -0.496 e. The second-order valence-electron chi connectivity index (χ2n) is 5.10. The van der Waals surface area contributed by atoms with Crippen molar-refractivity contribution in [2.75, 3.05) is 12.4 Å². The van der Waals surface area contributed by atoms with E-state index in [9.17, 15) is 9.59 Å². The summed E-state index contributed by atoms with van der Waals surface area (Å²) in [6.45, 7) is 0. The number of anilines is 1. The molecule has 0 saturated carbocycles. The van der Waals surface area contributed by atoms with Crippen molar-refractivity contribution in [3.63, 3.8) is 0 Å². The third kappa shape index (κ3) is 3.89. The number of carbonyl (C=O) groups is 1. The SMILES string of the molecule is COc1ccc(C(=O)NC(=S)Nc2ccc3[nH]c(=O)[nH]c3c2)cc1Br. The third-order valence-corrected chi connectivity index (χ3v) is 4.24. The Morgan fingerprint density at radius 1 is 1.16 bits per heavy atom. The van der Waals surface area contributed by atoms with Gasteiger partial charge >= 0.3 is 5.69 Å². The van der Waals surface area contributed by atoms with Crippen LogP contribution in [0.25, 0.3) is 11.0 Å². The van der Waals surface area contributed by atoms with Gasteiger partial charge in [0.25, 0.3) is 5.91 Å². The minimum atomic E-state index is -0.350. The molecule has 0 unspecified atom stereocenters. The Hall–Kier alpha value is -2.65. The summed E-state index contributed by atoms with van der Waals surface area (Å²) >= 11 is 8.50. The van der Waals surface area contributed by atoms with Gasteiger partial charge in [0.1, 0.15) is 5.75 Å². The minimum absolute atomic E-state index is 0.147. The molecular weight excluding hydrogens is 408 g/mol. The summed E-state index contributed by atoms with van der Waals surface area (Å²) < 4.78 is 5.80. The van der Waals surface area contributed by atoms with Gasteiger partial charge in [-0.05, 0) is 64.5 Å². The van der Waals surface area contributed by atoms with Gasteiger partial charge in [0.15, 0.2) is 5.11 Å². The third-order valence-electron chi connectivity index (χ3n) is 3.41. The summed E-state index contributed by atoms with van der Waals surface area (Å²) in [5.74, 6) is 0.281. The lowest BCUT2D eigenvalue weighted by Gasteiger charge is -2.10. The van der Waals surface area contributed by atoms with Gasteiger partial charge in [-0.1, -0.05) is 0 Å². The molecule has 0 aliphatic rings. The number of hydrogen-bond acceptors (Lipinski definition) is 4. The number of hydrogen-bond donors (Lipinski definition) is 4. The van der Waals surface area contributed by atoms with Crippen LogP contribution in [0.5, 0.6) is 5.75 Å². The van der Waals surface area contributed by atoms with Crippen molar-refractivity contribution >= 4 is 55.9 Å². The zero-order chi connectivity index (χ0) is 18.0. The molecule has 0 spiro atoms. The molecule has 0 atom stereocenters. The first-order chi connectivity index (χ1) is 12.0. The average Bonchev–Trinajstić information content (AvgIpc) is 2.93. The van der Waals surface area contributed by atoms with Crippen LogP contribution in [0.1, 0.15) is 10.4 Å². The molecule has 0 fully saturated rings. The predicted molar refractivity (Wildman–Crippen MR) is 103 cm³/mol. The number of carbonyl (C=O) groups excluding carboxylic acids is 1. The van der Waals surface area contributed by atoms with Crippen LogP contribution in [0.15, 0.2) is 45.7 Å². The van der Waals surface area contributed by atoms with Crippen LogP contribution >= 0.6 is 28.1 Å². The number of nitrogens with one attached hydrogen (secondary N) is 4. The second kappa shape index (κ2) is 7.08. The van der Waals surface area contributed by atoms with Gasteiger partial charge in [0.05, 0.1) is 22.6 Å². The topological polar surface area (TPSA) is 99.0 Å². The van der Waals surface area contributed by atoms with Crippen LogP contribution in [0.2, 0.25) is 0 Å². The largest absolute Gasteiger partial charge is 0.496 e. The van der Waals surface area contributed by atoms with E-state index in [0.29, 0.717) is 32.5 Å². The molecule has 1 amide bonds. The highest BCUT2D eigenvalue weighted by molar-refractivity contribution is 9.10. The Morgan fingerprint density at radius 2 is 1.92 bits per heavy atom. The zero-order valence-corrected chi connectivity index (χ0v) is 15.4. The maximum atomic E-state index is 12.3. The van der Waals surface area contributed by atoms with Crippen LogP contribution in [0, 0.1) is 0 Å². The molecule has 0 saturated heterocycles. The van der Waals surface area contributed by atoms with Crippen LogP contribution in [-0.2, 0) is 0 Å². The first kappa shape index (κ1) is 17.2. The molecule has 3 rings (SSSR count). The fourth-order valence-electron chi connectivity index (χ4n) is 2.26. The number of aromatic amines is 2. The smallest absolute Gasteiger partial charge is 0.323 e. The molecule has 128 valence electrons. The molecule has 4 N–H and O–H groups in total. The summed E-state index contributed by atoms with van der Waals surface area (Å²) in [5.41, 5.74) is 2.12. The van der Waals surface area contributed by atoms with Crippen molar-refractivity contribution in [1.29, 1.82) is 0 Å². The Labute approximate surface area is 155 Å². The van der Waals surface area contributed by atoms with Crippen molar-refractivity contribution in [3.8, 4) is 5.75 Å². The van der Waals surface area contributed by atoms with Gasteiger partial charge in [-0.25, -0.2) is 4.79 Å². The number of imidazole rings is 1. The summed E-state index contributed by atoms with van der Waals surface area (Å²) in [5, 5.41) is 5.66. The maximum absolute atomic E-state index is 12.3. The molecule has 0 aliphatic carbocycles. The number of benzene rings is 2. The van der Waals surface area contributed by atoms with E-state index in [1.807, 2.05) is 0 Å². The number of thiocarbonyl (C=S) groups is 1. The molecule has 2 aromatic carbocycles. The van der Waals surface area contributed by atoms with Crippen molar-refractivity contribution in [1.82, 2.24) is 15.3 Å². The number of rotatable bonds is 3. The van der Waals surface area contributed by atoms with E-state index in [0.717, 1.165) is 0 Å². The monoisotopic (exact) mass is 420 g/mol. The van der Waals surface area contributed by atoms with Gasteiger partial charge in [-0.2, -0.15) is 0 Å². The lowest BCUT2D eigenvalue weighted by molar-refractivity contribution is 0.0977. The number of halogens is 1. The van der Waals surface area contributed by atoms with Gasteiger partial charge < -0.3 is 20.0 Å². The van der Waals surface area contributed by atoms with E-state index in [4.69, 9.17) is 17.0 Å². The van der Waals surface area contributed by atoms with Gasteiger partial charge in [-0.3, -0.25) is 10.1 Å². The van der Waals surface area contributed by atoms with E-state index >= 15 is 0 Å². The van der Waals surface area contributed by atoms with Gasteiger partial charge in [0.2, 0.25) is 0 Å². The van der Waals surface area contributed by atoms with Crippen LogP contribution in [0.4, 0.5) is 5.69 Å². The summed E-state index contributed by atoms with van der Waals surface area (Å²) in [6, 6.07) is 10.2. The van der Waals surface area contributed by atoms with Crippen LogP contribution < -0.4 is 21.1 Å². The number of amides is 1. The quantitative estimate of drug-likeness (QED) is 0.488. The van der Waals surface area contributed by atoms with E-state index in [-0.39, 0.29) is 16.7 Å². The number of H-pyrrole nitrogens is 2. The van der Waals surface area contributed by atoms with Crippen molar-refractivity contribution in [3.05, 3.63) is 56.9 Å². The van der Waals surface area contributed by atoms with E-state index in [2.05, 4.69) is 36.5 Å². The number of ether oxygens (including phenoxy) is 1. The lowest BCUT2D eigenvalue weighted by Crippen LogP contribution is -2.34. The first-order valence-electron chi connectivity index (χ1n) is 7.14. The van der Waals surface area contributed by atoms with E-state index in [1.165, 1.54) is 0 Å². The summed E-state index contributed by atoms with van der Waals surface area (Å²) in [7, 11) is 1.55. The molecule has 0 radical (unpaired) electrons. The molecular formula is C16H13BrN4O3S. The highest BCUT2D eigenvalue weighted by Crippen LogP contribution is 2.25. The number of methoxy groups -OCH3 is 1. The number of fused-ring (bicyclic) bond motifs is 1. The van der Waals surface area contributed by atoms with Crippen LogP contribution in [0.3, 0.4) is 0 Å². The standard InChI is InChI=1S/C16H13BrN4O3S/c1-24-13-5-2-8(6-10(13)17)14(22)21-16(25)18-9-3-4-11-12(7-9)20-15(23)19-11/h2-7H,1H3,(H2,19,20,23)(H2,18,21,22,25). The number of aromatic nitrogens is 2. The summed E-state index contributed by atoms with van der Waals surface area (Å²) in [4.78, 5) is 28.8. The predicted octanol–water partition coefficient (Wildman–Crippen LogP) is 2.75. The average molecular weight is 421 g/mol. The highest BCUT2D eigenvalue weighted by atomic mass is 79.9. The fourth-order valence-corrected chi connectivity index (χ4v) is 3.01. The molecule has 7 nitrogen and oxygen atoms in total. The Bertz CT molecular complexity index is 1030. The molecule has 1 heterocycles. The maximum Gasteiger partial charge on any atom is 0.323 e. The normalized spacial score (nSPS) is 10.5. The van der Waals surface area contributed by atoms with Gasteiger partial charge in [0, 0.05) is 11.3 Å². The Morgan fingerprint density at radius 3 is 2.64 bits per heavy atom. The Balaban J connectivity index is 1.69. The van der Waals surface area contributed by atoms with Gasteiger partial charge in [-0.15, -0.1) is 0 Å². The Kier molecular flexibility index (Phi) is 4.86. The lowest BCUT2D eigenvalue weighted by atomic mass is 10.2. The zero-order valence-electron chi connectivity index (χ0n) is 13.0. The van der Waals surface area contributed by atoms with E-state index < -0.39 is 0 Å². The fraction of sp³-hybridized carbons (Fsp3) is 0.0625. The first-order valence-corrected chi connectivity index (χ1v) is 8.34. The van der Waals surface area contributed by atoms with Crippen molar-refractivity contribution in [2.45, 2.75) is 0 Å². The molecule has 25 heavy (non-hydrogen) atoms. The molecule has 9 heteroatoms. The van der Waals surface area contributed by atoms with Crippen molar-refractivity contribution < 1.29 is 9.53 Å². The summed E-state index contributed by atoms with van der Waals surface area (Å²) in [6.07, 6.45) is 0. The second-order valence-corrected chi connectivity index (χ2v) is 6.36. The van der Waals surface area contributed by atoms with E-state index in [1.54, 1.807) is 43.5 Å².